The third-order valence-electron chi connectivity index (χ3n) is 8.46. The second-order valence-electron chi connectivity index (χ2n) is 13.1. The highest BCUT2D eigenvalue weighted by Gasteiger charge is 2.57. The first-order valence-corrected chi connectivity index (χ1v) is 16.1. The molecule has 2 rings (SSSR count). The van der Waals surface area contributed by atoms with Crippen LogP contribution in [0, 0.1) is 23.7 Å². The average Bonchev–Trinajstić information content (AvgIpc) is 3.65. The van der Waals surface area contributed by atoms with Crippen LogP contribution in [0.5, 0.6) is 0 Å². The number of hydrogen-bond donors (Lipinski definition) is 7. The molecule has 0 spiro atoms. The van der Waals surface area contributed by atoms with Gasteiger partial charge in [-0.15, -0.1) is 0 Å². The van der Waals surface area contributed by atoms with Crippen molar-refractivity contribution in [3.05, 3.63) is 0 Å². The number of aldehydes is 1. The molecule has 0 bridgehead atoms. The number of fused-ring (bicyclic) bond motifs is 1. The third-order valence-corrected chi connectivity index (χ3v) is 8.46. The molecule has 7 N–H and O–H groups in total. The van der Waals surface area contributed by atoms with Gasteiger partial charge in [0.2, 0.25) is 35.4 Å². The summed E-state index contributed by atoms with van der Waals surface area (Å²) in [4.78, 5) is 114. The molecule has 2 aliphatic rings. The molecule has 0 aromatic rings. The van der Waals surface area contributed by atoms with Crippen molar-refractivity contribution in [3.8, 4) is 0 Å². The molecule has 268 valence electrons. The van der Waals surface area contributed by atoms with E-state index in [2.05, 4.69) is 26.6 Å². The van der Waals surface area contributed by atoms with E-state index < -0.39 is 108 Å². The van der Waals surface area contributed by atoms with Crippen molar-refractivity contribution in [2.45, 2.75) is 110 Å². The van der Waals surface area contributed by atoms with Crippen LogP contribution in [0.25, 0.3) is 0 Å². The lowest BCUT2D eigenvalue weighted by Crippen LogP contribution is -2.61. The molecule has 1 saturated carbocycles. The highest BCUT2D eigenvalue weighted by Crippen LogP contribution is 2.49. The molecular weight excluding hydrogens is 632 g/mol. The Morgan fingerprint density at radius 2 is 1.38 bits per heavy atom. The number of aliphatic carboxylic acids is 2. The van der Waals surface area contributed by atoms with Gasteiger partial charge in [-0.1, -0.05) is 34.6 Å². The standard InChI is InChI=1S/C31H48N6O11/c1-7-18(13-38)33-30(47)26-19-10-17(19)12-37(26)31(48)25(15(4)5)36-29(46)24(14(2)3)35-28(45)21(11-23(42)43)34-27(44)20(32-16(6)39)8-9-22(40)41/h13-15,17-21,24-26H,7-12H2,1-6H3,(H,32,39)(H,33,47)(H,34,44)(H,35,45)(H,36,46)(H,40,41)(H,42,43)/t17?,18?,19-,20+,21+,24+,25+,26?/m1/s1. The number of piperidine rings is 1. The van der Waals surface area contributed by atoms with E-state index in [4.69, 9.17) is 5.11 Å². The summed E-state index contributed by atoms with van der Waals surface area (Å²) in [7, 11) is 0. The van der Waals surface area contributed by atoms with E-state index in [9.17, 15) is 48.3 Å². The van der Waals surface area contributed by atoms with Gasteiger partial charge in [-0.25, -0.2) is 0 Å². The number of likely N-dealkylation sites (tertiary alicyclic amines) is 1. The zero-order valence-corrected chi connectivity index (χ0v) is 28.1. The van der Waals surface area contributed by atoms with Crippen LogP contribution >= 0.6 is 0 Å². The lowest BCUT2D eigenvalue weighted by atomic mass is 9.98. The van der Waals surface area contributed by atoms with Gasteiger partial charge < -0.3 is 46.5 Å². The van der Waals surface area contributed by atoms with Gasteiger partial charge >= 0.3 is 11.9 Å². The number of hydrogen-bond acceptors (Lipinski definition) is 9. The molecular formula is C31H48N6O11. The quantitative estimate of drug-likeness (QED) is 0.0776. The van der Waals surface area contributed by atoms with Gasteiger partial charge in [0.15, 0.2) is 0 Å². The fourth-order valence-electron chi connectivity index (χ4n) is 5.69. The summed E-state index contributed by atoms with van der Waals surface area (Å²) in [6.07, 6.45) is 0.0527. The Morgan fingerprint density at radius 3 is 1.88 bits per heavy atom. The number of carboxylic acid groups (broad SMARTS) is 2. The van der Waals surface area contributed by atoms with Gasteiger partial charge in [-0.05, 0) is 42.9 Å². The van der Waals surface area contributed by atoms with E-state index in [1.165, 1.54) is 4.90 Å². The summed E-state index contributed by atoms with van der Waals surface area (Å²) in [5.74, 6) is -8.05. The Bertz CT molecular complexity index is 1270. The largest absolute Gasteiger partial charge is 0.481 e. The Hall–Kier alpha value is -4.57. The second kappa shape index (κ2) is 17.5. The lowest BCUT2D eigenvalue weighted by Gasteiger charge is -2.34. The second-order valence-corrected chi connectivity index (χ2v) is 13.1. The molecule has 2 fully saturated rings. The topological polar surface area (TPSA) is 257 Å². The number of nitrogens with zero attached hydrogens (tertiary/aromatic N) is 1. The Morgan fingerprint density at radius 1 is 0.792 bits per heavy atom. The van der Waals surface area contributed by atoms with Crippen LogP contribution in [0.15, 0.2) is 0 Å². The highest BCUT2D eigenvalue weighted by molar-refractivity contribution is 5.98. The molecule has 0 radical (unpaired) electrons. The molecule has 17 nitrogen and oxygen atoms in total. The van der Waals surface area contributed by atoms with Crippen LogP contribution in [0.3, 0.4) is 0 Å². The predicted molar refractivity (Wildman–Crippen MR) is 168 cm³/mol. The average molecular weight is 681 g/mol. The molecule has 1 aliphatic carbocycles. The van der Waals surface area contributed by atoms with Crippen LogP contribution in [0.2, 0.25) is 0 Å². The number of carboxylic acids is 2. The Labute approximate surface area is 278 Å². The van der Waals surface area contributed by atoms with Gasteiger partial charge in [0.25, 0.3) is 0 Å². The van der Waals surface area contributed by atoms with Gasteiger partial charge in [-0.3, -0.25) is 38.4 Å². The van der Waals surface area contributed by atoms with E-state index in [0.717, 1.165) is 13.3 Å². The van der Waals surface area contributed by atoms with Crippen molar-refractivity contribution < 1.29 is 53.4 Å². The van der Waals surface area contributed by atoms with E-state index >= 15 is 0 Å². The minimum absolute atomic E-state index is 0.0555. The maximum Gasteiger partial charge on any atom is 0.305 e. The number of nitrogens with one attached hydrogen (secondary N) is 5. The summed E-state index contributed by atoms with van der Waals surface area (Å²) in [6, 6.07) is -6.97. The normalized spacial score (nSPS) is 21.1. The van der Waals surface area contributed by atoms with Crippen molar-refractivity contribution in [1.82, 2.24) is 31.5 Å². The summed E-state index contributed by atoms with van der Waals surface area (Å²) < 4.78 is 0. The SMILES string of the molecule is CCC(C=O)NC(=O)C1[C@@H]2CC2CN1C(=O)[C@@H](NC(=O)[C@@H](NC(=O)[C@H](CC(=O)O)NC(=O)[C@H](CCC(=O)O)NC(C)=O)C(C)C)C(C)C. The predicted octanol–water partition coefficient (Wildman–Crippen LogP) is -1.46. The van der Waals surface area contributed by atoms with Crippen molar-refractivity contribution in [3.63, 3.8) is 0 Å². The van der Waals surface area contributed by atoms with E-state index in [1.807, 2.05) is 0 Å². The minimum atomic E-state index is -1.71. The molecule has 1 aliphatic heterocycles. The summed E-state index contributed by atoms with van der Waals surface area (Å²) >= 11 is 0. The van der Waals surface area contributed by atoms with Crippen molar-refractivity contribution in [2.24, 2.45) is 23.7 Å². The van der Waals surface area contributed by atoms with Crippen LogP contribution in [0.1, 0.15) is 73.6 Å². The van der Waals surface area contributed by atoms with Gasteiger partial charge in [0, 0.05) is 19.9 Å². The molecule has 6 amide bonds. The van der Waals surface area contributed by atoms with Crippen LogP contribution < -0.4 is 26.6 Å². The van der Waals surface area contributed by atoms with Crippen molar-refractivity contribution in [1.29, 1.82) is 0 Å². The van der Waals surface area contributed by atoms with Gasteiger partial charge in [0.1, 0.15) is 36.5 Å². The zero-order chi connectivity index (χ0) is 36.5. The maximum absolute atomic E-state index is 13.8. The first-order chi connectivity index (χ1) is 22.4. The van der Waals surface area contributed by atoms with Crippen LogP contribution in [-0.2, 0) is 43.2 Å². The molecule has 17 heteroatoms. The number of carbonyl (C=O) groups excluding carboxylic acids is 7. The van der Waals surface area contributed by atoms with Gasteiger partial charge in [-0.2, -0.15) is 0 Å². The van der Waals surface area contributed by atoms with Crippen molar-refractivity contribution >= 4 is 53.7 Å². The smallest absolute Gasteiger partial charge is 0.305 e. The molecule has 3 unspecified atom stereocenters. The van der Waals surface area contributed by atoms with Gasteiger partial charge in [0.05, 0.1) is 12.5 Å². The first-order valence-electron chi connectivity index (χ1n) is 16.1. The number of rotatable bonds is 19. The zero-order valence-electron chi connectivity index (χ0n) is 28.1. The number of amides is 6. The summed E-state index contributed by atoms with van der Waals surface area (Å²) in [6.45, 7) is 9.76. The molecule has 0 aromatic carbocycles. The molecule has 48 heavy (non-hydrogen) atoms. The van der Waals surface area contributed by atoms with E-state index in [1.54, 1.807) is 34.6 Å². The van der Waals surface area contributed by atoms with E-state index in [0.29, 0.717) is 19.3 Å². The Balaban J connectivity index is 2.22. The van der Waals surface area contributed by atoms with E-state index in [-0.39, 0.29) is 18.3 Å². The number of carbonyl (C=O) groups is 9. The molecule has 1 heterocycles. The molecule has 1 saturated heterocycles. The van der Waals surface area contributed by atoms with Crippen LogP contribution in [-0.4, -0.2) is 112 Å². The Kier molecular flexibility index (Phi) is 14.5. The highest BCUT2D eigenvalue weighted by atomic mass is 16.4. The molecule has 8 atom stereocenters. The molecule has 0 aromatic heterocycles. The summed E-state index contributed by atoms with van der Waals surface area (Å²) in [5, 5.41) is 30.7. The summed E-state index contributed by atoms with van der Waals surface area (Å²) in [5.41, 5.74) is 0. The first kappa shape index (κ1) is 39.6. The van der Waals surface area contributed by atoms with Crippen LogP contribution in [0.4, 0.5) is 0 Å². The lowest BCUT2D eigenvalue weighted by molar-refractivity contribution is -0.144. The third kappa shape index (κ3) is 11.0. The fraction of sp³-hybridized carbons (Fsp3) is 0.710. The van der Waals surface area contributed by atoms with Crippen molar-refractivity contribution in [2.75, 3.05) is 6.54 Å². The fourth-order valence-corrected chi connectivity index (χ4v) is 5.69. The monoisotopic (exact) mass is 680 g/mol. The minimum Gasteiger partial charge on any atom is -0.481 e. The maximum atomic E-state index is 13.8.